The molecule has 0 aromatic heterocycles. The van der Waals surface area contributed by atoms with Gasteiger partial charge in [-0.25, -0.2) is 0 Å². The summed E-state index contributed by atoms with van der Waals surface area (Å²) in [7, 11) is 1.32. The molecule has 0 saturated carbocycles. The zero-order valence-electron chi connectivity index (χ0n) is 23.2. The van der Waals surface area contributed by atoms with E-state index in [0.717, 1.165) is 4.90 Å². The number of esters is 1. The largest absolute Gasteiger partial charge is 0.469 e. The van der Waals surface area contributed by atoms with Crippen molar-refractivity contribution in [2.45, 2.75) is 46.7 Å². The van der Waals surface area contributed by atoms with E-state index in [9.17, 15) is 19.2 Å². The van der Waals surface area contributed by atoms with E-state index in [1.165, 1.54) is 7.11 Å². The summed E-state index contributed by atoms with van der Waals surface area (Å²) in [5.74, 6) is -2.01. The summed E-state index contributed by atoms with van der Waals surface area (Å²) in [6.45, 7) is 8.93. The number of hydrogen-bond acceptors (Lipinski definition) is 5. The van der Waals surface area contributed by atoms with Gasteiger partial charge in [-0.05, 0) is 49.1 Å². The van der Waals surface area contributed by atoms with Crippen molar-refractivity contribution in [1.29, 1.82) is 0 Å². The van der Waals surface area contributed by atoms with E-state index < -0.39 is 46.6 Å². The molecule has 3 amide bonds. The zero-order valence-corrected chi connectivity index (χ0v) is 23.2. The van der Waals surface area contributed by atoms with Crippen LogP contribution in [0.1, 0.15) is 66.9 Å². The monoisotopic (exact) mass is 526 g/mol. The molecule has 0 spiro atoms. The highest BCUT2D eigenvalue weighted by molar-refractivity contribution is 6.23. The molecule has 0 N–H and O–H groups in total. The molecule has 0 unspecified atom stereocenters. The highest BCUT2D eigenvalue weighted by Gasteiger charge is 2.52. The van der Waals surface area contributed by atoms with Crippen molar-refractivity contribution in [2.24, 2.45) is 10.8 Å². The van der Waals surface area contributed by atoms with Crippen LogP contribution in [0.3, 0.4) is 0 Å². The predicted octanol–water partition coefficient (Wildman–Crippen LogP) is 5.67. The van der Waals surface area contributed by atoms with E-state index in [-0.39, 0.29) is 11.1 Å². The topological polar surface area (TPSA) is 84.0 Å². The molecule has 39 heavy (non-hydrogen) atoms. The second-order valence-electron chi connectivity index (χ2n) is 11.4. The van der Waals surface area contributed by atoms with Gasteiger partial charge in [-0.2, -0.15) is 0 Å². The quantitative estimate of drug-likeness (QED) is 0.293. The number of para-hydroxylation sites is 1. The molecule has 0 radical (unpaired) electrons. The third-order valence-electron chi connectivity index (χ3n) is 7.18. The Hall–Kier alpha value is -4.26. The summed E-state index contributed by atoms with van der Waals surface area (Å²) >= 11 is 0. The lowest BCUT2D eigenvalue weighted by molar-refractivity contribution is -0.152. The lowest BCUT2D eigenvalue weighted by Crippen LogP contribution is -2.59. The molecular weight excluding hydrogens is 492 g/mol. The molecule has 0 bridgehead atoms. The lowest BCUT2D eigenvalue weighted by Gasteiger charge is -2.45. The number of nitrogens with zero attached hydrogens (tertiary/aromatic N) is 2. The van der Waals surface area contributed by atoms with Gasteiger partial charge in [-0.1, -0.05) is 81.4 Å². The van der Waals surface area contributed by atoms with E-state index in [1.54, 1.807) is 67.3 Å². The van der Waals surface area contributed by atoms with Crippen molar-refractivity contribution in [3.63, 3.8) is 0 Å². The fourth-order valence-electron chi connectivity index (χ4n) is 5.33. The minimum atomic E-state index is -1.20. The van der Waals surface area contributed by atoms with Gasteiger partial charge in [0.25, 0.3) is 17.7 Å². The number of methoxy groups -OCH3 is 1. The third kappa shape index (κ3) is 4.97. The van der Waals surface area contributed by atoms with Crippen LogP contribution in [0, 0.1) is 10.8 Å². The molecule has 3 aromatic carbocycles. The van der Waals surface area contributed by atoms with Crippen LogP contribution in [0.5, 0.6) is 0 Å². The van der Waals surface area contributed by atoms with Gasteiger partial charge >= 0.3 is 5.97 Å². The summed E-state index contributed by atoms with van der Waals surface area (Å²) in [5.41, 5.74) is -0.268. The van der Waals surface area contributed by atoms with Gasteiger partial charge in [0.15, 0.2) is 0 Å². The van der Waals surface area contributed by atoms with Gasteiger partial charge < -0.3 is 9.64 Å². The first kappa shape index (κ1) is 27.8. The minimum Gasteiger partial charge on any atom is -0.469 e. The standard InChI is InChI=1S/C32H34N2O5/c1-31(2,3)26(34-27(35)23-19-13-14-20-24(23)28(34)36)29(37)33(22-17-11-8-12-18-22)25(21-15-9-7-10-16-21)32(4,5)30(38)39-6/h7-20,25-26H,1-6H3/t25-,26+/m0/s1. The number of hydrogen-bond donors (Lipinski definition) is 0. The first-order valence-corrected chi connectivity index (χ1v) is 12.9. The van der Waals surface area contributed by atoms with Crippen LogP contribution in [-0.4, -0.2) is 41.7 Å². The molecule has 202 valence electrons. The number of imide groups is 1. The van der Waals surface area contributed by atoms with Crippen molar-refractivity contribution >= 4 is 29.4 Å². The highest BCUT2D eigenvalue weighted by Crippen LogP contribution is 2.44. The zero-order chi connectivity index (χ0) is 28.5. The summed E-state index contributed by atoms with van der Waals surface area (Å²) in [6.07, 6.45) is 0. The fourth-order valence-corrected chi connectivity index (χ4v) is 5.33. The van der Waals surface area contributed by atoms with Crippen LogP contribution in [-0.2, 0) is 14.3 Å². The minimum absolute atomic E-state index is 0.269. The molecule has 3 aromatic rings. The second kappa shape index (κ2) is 10.5. The molecule has 1 aliphatic heterocycles. The molecule has 1 heterocycles. The maximum Gasteiger partial charge on any atom is 0.313 e. The number of ether oxygens (including phenoxy) is 1. The van der Waals surface area contributed by atoms with Crippen molar-refractivity contribution in [1.82, 2.24) is 4.90 Å². The number of amides is 3. The van der Waals surface area contributed by atoms with Crippen molar-refractivity contribution in [3.05, 3.63) is 102 Å². The summed E-state index contributed by atoms with van der Waals surface area (Å²) < 4.78 is 5.19. The molecule has 1 aliphatic rings. The lowest BCUT2D eigenvalue weighted by atomic mass is 9.77. The molecule has 0 saturated heterocycles. The van der Waals surface area contributed by atoms with Gasteiger partial charge in [0, 0.05) is 5.69 Å². The number of carbonyl (C=O) groups excluding carboxylic acids is 4. The van der Waals surface area contributed by atoms with Crippen LogP contribution >= 0.6 is 0 Å². The average molecular weight is 527 g/mol. The van der Waals surface area contributed by atoms with E-state index in [4.69, 9.17) is 4.74 Å². The maximum atomic E-state index is 14.9. The first-order valence-electron chi connectivity index (χ1n) is 12.9. The number of fused-ring (bicyclic) bond motifs is 1. The molecular formula is C32H34N2O5. The van der Waals surface area contributed by atoms with Crippen LogP contribution in [0.25, 0.3) is 0 Å². The Bertz CT molecular complexity index is 1360. The van der Waals surface area contributed by atoms with Crippen LogP contribution < -0.4 is 4.90 Å². The molecule has 7 heteroatoms. The molecule has 0 fully saturated rings. The van der Waals surface area contributed by atoms with E-state index >= 15 is 0 Å². The SMILES string of the molecule is COC(=O)C(C)(C)[C@H](c1ccccc1)N(C(=O)[C@@H](N1C(=O)c2ccccc2C1=O)C(C)(C)C)c1ccccc1. The Morgan fingerprint density at radius 3 is 1.67 bits per heavy atom. The molecule has 2 atom stereocenters. The van der Waals surface area contributed by atoms with E-state index in [0.29, 0.717) is 11.3 Å². The van der Waals surface area contributed by atoms with Crippen molar-refractivity contribution < 1.29 is 23.9 Å². The van der Waals surface area contributed by atoms with Gasteiger partial charge in [0.2, 0.25) is 0 Å². The Morgan fingerprint density at radius 1 is 0.744 bits per heavy atom. The molecule has 4 rings (SSSR count). The van der Waals surface area contributed by atoms with Gasteiger partial charge in [-0.3, -0.25) is 24.1 Å². The van der Waals surface area contributed by atoms with Crippen LogP contribution in [0.15, 0.2) is 84.9 Å². The normalized spacial score (nSPS) is 15.0. The van der Waals surface area contributed by atoms with Crippen molar-refractivity contribution in [2.75, 3.05) is 12.0 Å². The Labute approximate surface area is 229 Å². The third-order valence-corrected chi connectivity index (χ3v) is 7.18. The van der Waals surface area contributed by atoms with Gasteiger partial charge in [0.1, 0.15) is 6.04 Å². The first-order chi connectivity index (χ1) is 18.4. The average Bonchev–Trinajstić information content (AvgIpc) is 3.16. The summed E-state index contributed by atoms with van der Waals surface area (Å²) in [4.78, 5) is 58.0. The van der Waals surface area contributed by atoms with Crippen molar-refractivity contribution in [3.8, 4) is 0 Å². The van der Waals surface area contributed by atoms with E-state index in [2.05, 4.69) is 0 Å². The maximum absolute atomic E-state index is 14.9. The summed E-state index contributed by atoms with van der Waals surface area (Å²) in [5, 5.41) is 0. The Balaban J connectivity index is 1.95. The van der Waals surface area contributed by atoms with Crippen LogP contribution in [0.4, 0.5) is 5.69 Å². The number of carbonyl (C=O) groups is 4. The highest BCUT2D eigenvalue weighted by atomic mass is 16.5. The Kier molecular flexibility index (Phi) is 7.46. The smallest absolute Gasteiger partial charge is 0.313 e. The number of benzene rings is 3. The van der Waals surface area contributed by atoms with E-state index in [1.807, 2.05) is 57.2 Å². The number of anilines is 1. The van der Waals surface area contributed by atoms with Gasteiger partial charge in [0.05, 0.1) is 29.7 Å². The number of rotatable bonds is 7. The fraction of sp³-hybridized carbons (Fsp3) is 0.312. The van der Waals surface area contributed by atoms with Crippen LogP contribution in [0.2, 0.25) is 0 Å². The summed E-state index contributed by atoms with van der Waals surface area (Å²) in [6, 6.07) is 22.9. The predicted molar refractivity (Wildman–Crippen MR) is 149 cm³/mol. The second-order valence-corrected chi connectivity index (χ2v) is 11.4. The Morgan fingerprint density at radius 2 is 1.21 bits per heavy atom. The van der Waals surface area contributed by atoms with Gasteiger partial charge in [-0.15, -0.1) is 0 Å². The molecule has 0 aliphatic carbocycles. The molecule has 7 nitrogen and oxygen atoms in total.